The predicted molar refractivity (Wildman–Crippen MR) is 52.5 cm³/mol. The number of nitrogens with zero attached hydrogens (tertiary/aromatic N) is 1. The van der Waals surface area contributed by atoms with Gasteiger partial charge in [-0.2, -0.15) is 0 Å². The van der Waals surface area contributed by atoms with Crippen LogP contribution in [0.2, 0.25) is 0 Å². The average Bonchev–Trinajstić information content (AvgIpc) is 2.65. The second kappa shape index (κ2) is 3.40. The summed E-state index contributed by atoms with van der Waals surface area (Å²) < 4.78 is 5.41. The van der Waals surface area contributed by atoms with E-state index in [1.54, 1.807) is 0 Å². The van der Waals surface area contributed by atoms with Crippen LogP contribution in [0.15, 0.2) is 12.2 Å². The van der Waals surface area contributed by atoms with E-state index >= 15 is 0 Å². The molecule has 0 aliphatic carbocycles. The zero-order valence-electron chi connectivity index (χ0n) is 8.20. The lowest BCUT2D eigenvalue weighted by molar-refractivity contribution is 0.132. The predicted octanol–water partition coefficient (Wildman–Crippen LogP) is 0.222. The maximum Gasteiger partial charge on any atom is 0.0624 e. The smallest absolute Gasteiger partial charge is 0.0624 e. The van der Waals surface area contributed by atoms with Crippen LogP contribution in [0, 0.1) is 5.41 Å². The van der Waals surface area contributed by atoms with Crippen LogP contribution >= 0.6 is 0 Å². The third-order valence-corrected chi connectivity index (χ3v) is 3.10. The molecule has 1 fully saturated rings. The van der Waals surface area contributed by atoms with Crippen LogP contribution in [-0.2, 0) is 4.74 Å². The van der Waals surface area contributed by atoms with E-state index in [2.05, 4.69) is 24.0 Å². The highest BCUT2D eigenvalue weighted by Gasteiger charge is 2.38. The first-order valence-electron chi connectivity index (χ1n) is 4.91. The third-order valence-electron chi connectivity index (χ3n) is 3.10. The van der Waals surface area contributed by atoms with Crippen molar-refractivity contribution < 1.29 is 4.74 Å². The number of rotatable bonds is 2. The lowest BCUT2D eigenvalue weighted by Crippen LogP contribution is -2.46. The van der Waals surface area contributed by atoms with Gasteiger partial charge in [0.1, 0.15) is 0 Å². The van der Waals surface area contributed by atoms with Gasteiger partial charge in [0.25, 0.3) is 0 Å². The molecule has 0 aromatic heterocycles. The summed E-state index contributed by atoms with van der Waals surface area (Å²) in [7, 11) is 0. The Balaban J connectivity index is 1.91. The van der Waals surface area contributed by atoms with Gasteiger partial charge in [0, 0.05) is 31.1 Å². The molecule has 2 rings (SSSR count). The fourth-order valence-corrected chi connectivity index (χ4v) is 2.05. The molecule has 0 aromatic carbocycles. The highest BCUT2D eigenvalue weighted by atomic mass is 16.5. The number of hydrogen-bond acceptors (Lipinski definition) is 3. The molecule has 0 saturated carbocycles. The Morgan fingerprint density at radius 3 is 2.77 bits per heavy atom. The SMILES string of the molecule is CC1(CN2CC=CC2)COCC1N. The van der Waals surface area contributed by atoms with Gasteiger partial charge in [-0.1, -0.05) is 19.1 Å². The van der Waals surface area contributed by atoms with E-state index in [9.17, 15) is 0 Å². The Morgan fingerprint density at radius 1 is 1.54 bits per heavy atom. The number of hydrogen-bond donors (Lipinski definition) is 1. The Morgan fingerprint density at radius 2 is 2.23 bits per heavy atom. The topological polar surface area (TPSA) is 38.5 Å². The standard InChI is InChI=1S/C10H18N2O/c1-10(8-13-6-9(10)11)7-12-4-2-3-5-12/h2-3,9H,4-8,11H2,1H3. The summed E-state index contributed by atoms with van der Waals surface area (Å²) in [5.41, 5.74) is 6.18. The molecule has 0 radical (unpaired) electrons. The Kier molecular flexibility index (Phi) is 2.41. The first kappa shape index (κ1) is 9.19. The molecule has 0 amide bonds. The summed E-state index contributed by atoms with van der Waals surface area (Å²) in [6.45, 7) is 6.96. The van der Waals surface area contributed by atoms with Crippen molar-refractivity contribution in [3.63, 3.8) is 0 Å². The second-order valence-electron chi connectivity index (χ2n) is 4.44. The van der Waals surface area contributed by atoms with E-state index in [0.717, 1.165) is 32.8 Å². The van der Waals surface area contributed by atoms with E-state index in [1.807, 2.05) is 0 Å². The molecule has 2 N–H and O–H groups in total. The quantitative estimate of drug-likeness (QED) is 0.621. The van der Waals surface area contributed by atoms with Crippen molar-refractivity contribution in [2.45, 2.75) is 13.0 Å². The van der Waals surface area contributed by atoms with Gasteiger partial charge in [0.15, 0.2) is 0 Å². The summed E-state index contributed by atoms with van der Waals surface area (Å²) in [5.74, 6) is 0. The summed E-state index contributed by atoms with van der Waals surface area (Å²) in [6, 6.07) is 0.202. The molecule has 13 heavy (non-hydrogen) atoms. The molecular formula is C10H18N2O. The van der Waals surface area contributed by atoms with Crippen molar-refractivity contribution >= 4 is 0 Å². The molecule has 2 heterocycles. The lowest BCUT2D eigenvalue weighted by Gasteiger charge is -2.31. The van der Waals surface area contributed by atoms with Gasteiger partial charge in [-0.15, -0.1) is 0 Å². The second-order valence-corrected chi connectivity index (χ2v) is 4.44. The van der Waals surface area contributed by atoms with Gasteiger partial charge in [-0.3, -0.25) is 4.90 Å². The average molecular weight is 182 g/mol. The van der Waals surface area contributed by atoms with Crippen molar-refractivity contribution in [1.82, 2.24) is 4.90 Å². The molecule has 2 atom stereocenters. The highest BCUT2D eigenvalue weighted by molar-refractivity contribution is 5.00. The van der Waals surface area contributed by atoms with Crippen LogP contribution in [0.25, 0.3) is 0 Å². The Labute approximate surface area is 79.5 Å². The van der Waals surface area contributed by atoms with Gasteiger partial charge in [-0.25, -0.2) is 0 Å². The summed E-state index contributed by atoms with van der Waals surface area (Å²) in [6.07, 6.45) is 4.43. The summed E-state index contributed by atoms with van der Waals surface area (Å²) in [5, 5.41) is 0. The van der Waals surface area contributed by atoms with E-state index in [-0.39, 0.29) is 11.5 Å². The minimum atomic E-state index is 0.159. The zero-order chi connectivity index (χ0) is 9.31. The molecule has 1 saturated heterocycles. The maximum absolute atomic E-state index is 6.02. The fraction of sp³-hybridized carbons (Fsp3) is 0.800. The van der Waals surface area contributed by atoms with Crippen LogP contribution in [0.3, 0.4) is 0 Å². The lowest BCUT2D eigenvalue weighted by atomic mass is 9.85. The molecule has 0 spiro atoms. The van der Waals surface area contributed by atoms with Crippen LogP contribution in [0.4, 0.5) is 0 Å². The normalized spacial score (nSPS) is 40.3. The maximum atomic E-state index is 6.02. The monoisotopic (exact) mass is 182 g/mol. The Bertz CT molecular complexity index is 209. The van der Waals surface area contributed by atoms with Crippen molar-refractivity contribution in [2.75, 3.05) is 32.8 Å². The van der Waals surface area contributed by atoms with E-state index in [0.29, 0.717) is 0 Å². The molecule has 74 valence electrons. The van der Waals surface area contributed by atoms with E-state index < -0.39 is 0 Å². The fourth-order valence-electron chi connectivity index (χ4n) is 2.05. The van der Waals surface area contributed by atoms with E-state index in [4.69, 9.17) is 10.5 Å². The molecular weight excluding hydrogens is 164 g/mol. The number of nitrogens with two attached hydrogens (primary N) is 1. The zero-order valence-corrected chi connectivity index (χ0v) is 8.20. The molecule has 2 aliphatic rings. The van der Waals surface area contributed by atoms with Crippen LogP contribution < -0.4 is 5.73 Å². The molecule has 0 bridgehead atoms. The molecule has 3 heteroatoms. The van der Waals surface area contributed by atoms with Gasteiger partial charge in [0.05, 0.1) is 13.2 Å². The van der Waals surface area contributed by atoms with E-state index in [1.165, 1.54) is 0 Å². The molecule has 2 aliphatic heterocycles. The molecule has 2 unspecified atom stereocenters. The van der Waals surface area contributed by atoms with Crippen LogP contribution in [0.5, 0.6) is 0 Å². The first-order valence-corrected chi connectivity index (χ1v) is 4.91. The van der Waals surface area contributed by atoms with Gasteiger partial charge < -0.3 is 10.5 Å². The largest absolute Gasteiger partial charge is 0.379 e. The molecule has 3 nitrogen and oxygen atoms in total. The van der Waals surface area contributed by atoms with Gasteiger partial charge in [0.2, 0.25) is 0 Å². The van der Waals surface area contributed by atoms with Gasteiger partial charge in [-0.05, 0) is 0 Å². The van der Waals surface area contributed by atoms with Crippen LogP contribution in [0.1, 0.15) is 6.92 Å². The third kappa shape index (κ3) is 1.77. The van der Waals surface area contributed by atoms with Crippen molar-refractivity contribution in [2.24, 2.45) is 11.1 Å². The summed E-state index contributed by atoms with van der Waals surface area (Å²) in [4.78, 5) is 2.41. The highest BCUT2D eigenvalue weighted by Crippen LogP contribution is 2.28. The van der Waals surface area contributed by atoms with Crippen molar-refractivity contribution in [3.05, 3.63) is 12.2 Å². The first-order chi connectivity index (χ1) is 6.21. The Hall–Kier alpha value is -0.380. The van der Waals surface area contributed by atoms with Crippen molar-refractivity contribution in [3.8, 4) is 0 Å². The van der Waals surface area contributed by atoms with Crippen LogP contribution in [-0.4, -0.2) is 43.8 Å². The molecule has 0 aromatic rings. The van der Waals surface area contributed by atoms with Gasteiger partial charge >= 0.3 is 0 Å². The van der Waals surface area contributed by atoms with Crippen molar-refractivity contribution in [1.29, 1.82) is 0 Å². The summed E-state index contributed by atoms with van der Waals surface area (Å²) >= 11 is 0. The number of ether oxygens (including phenoxy) is 1. The minimum Gasteiger partial charge on any atom is -0.379 e. The minimum absolute atomic E-state index is 0.159.